The van der Waals surface area contributed by atoms with Gasteiger partial charge in [0, 0.05) is 37.8 Å². The van der Waals surface area contributed by atoms with Gasteiger partial charge < -0.3 is 20.3 Å². The minimum absolute atomic E-state index is 0.0789. The Kier molecular flexibility index (Phi) is 8.14. The van der Waals surface area contributed by atoms with Crippen LogP contribution in [0.5, 0.6) is 5.75 Å². The van der Waals surface area contributed by atoms with Gasteiger partial charge in [0.15, 0.2) is 5.69 Å². The summed E-state index contributed by atoms with van der Waals surface area (Å²) < 4.78 is 46.4. The van der Waals surface area contributed by atoms with Gasteiger partial charge in [0.2, 0.25) is 0 Å². The molecule has 3 rings (SSSR count). The Hall–Kier alpha value is -2.59. The van der Waals surface area contributed by atoms with Gasteiger partial charge >= 0.3 is 6.18 Å². The topological polar surface area (TPSA) is 71.4 Å². The van der Waals surface area contributed by atoms with Gasteiger partial charge in [-0.15, -0.1) is 0 Å². The molecule has 0 saturated carbocycles. The maximum Gasteiger partial charge on any atom is 0.435 e. The zero-order valence-corrected chi connectivity index (χ0v) is 18.4. The van der Waals surface area contributed by atoms with Crippen molar-refractivity contribution in [2.75, 3.05) is 40.3 Å². The monoisotopic (exact) mass is 453 g/mol. The summed E-state index contributed by atoms with van der Waals surface area (Å²) in [6.07, 6.45) is -2.90. The Morgan fingerprint density at radius 2 is 1.97 bits per heavy atom. The molecule has 1 aromatic heterocycles. The van der Waals surface area contributed by atoms with Crippen molar-refractivity contribution in [2.45, 2.75) is 32.1 Å². The smallest absolute Gasteiger partial charge is 0.435 e. The number of para-hydroxylation sites is 1. The number of rotatable bonds is 9. The third kappa shape index (κ3) is 6.23. The van der Waals surface area contributed by atoms with E-state index in [9.17, 15) is 18.0 Å². The fourth-order valence-corrected chi connectivity index (χ4v) is 3.90. The molecule has 0 radical (unpaired) electrons. The van der Waals surface area contributed by atoms with Crippen molar-refractivity contribution >= 4 is 5.91 Å². The molecule has 10 heteroatoms. The van der Waals surface area contributed by atoms with E-state index >= 15 is 0 Å². The van der Waals surface area contributed by atoms with E-state index in [1.165, 1.54) is 11.8 Å². The number of hydrogen-bond donors (Lipinski definition) is 2. The minimum atomic E-state index is -4.61. The number of alkyl halides is 3. The van der Waals surface area contributed by atoms with Gasteiger partial charge in [-0.3, -0.25) is 9.48 Å². The highest BCUT2D eigenvalue weighted by Gasteiger charge is 2.36. The lowest BCUT2D eigenvalue weighted by Gasteiger charge is -2.32. The van der Waals surface area contributed by atoms with E-state index in [1.54, 1.807) is 24.3 Å². The van der Waals surface area contributed by atoms with Crippen LogP contribution in [0.1, 0.15) is 34.6 Å². The molecule has 0 aliphatic carbocycles. The van der Waals surface area contributed by atoms with Gasteiger partial charge in [-0.05, 0) is 45.0 Å². The first kappa shape index (κ1) is 24.1. The first-order valence-corrected chi connectivity index (χ1v) is 10.7. The average molecular weight is 454 g/mol. The third-order valence-electron chi connectivity index (χ3n) is 5.75. The zero-order valence-electron chi connectivity index (χ0n) is 18.4. The predicted molar refractivity (Wildman–Crippen MR) is 114 cm³/mol. The molecular weight excluding hydrogens is 423 g/mol. The summed E-state index contributed by atoms with van der Waals surface area (Å²) in [5.74, 6) is 0.176. The van der Waals surface area contributed by atoms with Crippen molar-refractivity contribution in [1.29, 1.82) is 0 Å². The van der Waals surface area contributed by atoms with E-state index < -0.39 is 17.8 Å². The van der Waals surface area contributed by atoms with Gasteiger partial charge in [-0.2, -0.15) is 18.3 Å². The van der Waals surface area contributed by atoms with Crippen LogP contribution < -0.4 is 15.4 Å². The highest BCUT2D eigenvalue weighted by atomic mass is 19.4. The molecule has 1 amide bonds. The summed E-state index contributed by atoms with van der Waals surface area (Å²) >= 11 is 0. The number of benzene rings is 1. The number of likely N-dealkylation sites (tertiary alicyclic amines) is 1. The van der Waals surface area contributed by atoms with Crippen LogP contribution in [0, 0.1) is 5.92 Å². The molecular formula is C22H30F3N5O2. The molecule has 32 heavy (non-hydrogen) atoms. The van der Waals surface area contributed by atoms with Crippen LogP contribution in [0.4, 0.5) is 13.2 Å². The van der Waals surface area contributed by atoms with Gasteiger partial charge in [0.05, 0.1) is 7.11 Å². The first-order chi connectivity index (χ1) is 15.3. The van der Waals surface area contributed by atoms with Crippen molar-refractivity contribution in [3.8, 4) is 5.75 Å². The van der Waals surface area contributed by atoms with Crippen LogP contribution in [0.2, 0.25) is 0 Å². The second-order valence-electron chi connectivity index (χ2n) is 7.98. The molecule has 1 saturated heterocycles. The molecule has 0 bridgehead atoms. The highest BCUT2D eigenvalue weighted by molar-refractivity contribution is 5.92. The van der Waals surface area contributed by atoms with Gasteiger partial charge in [0.25, 0.3) is 5.91 Å². The van der Waals surface area contributed by atoms with E-state index in [4.69, 9.17) is 4.74 Å². The highest BCUT2D eigenvalue weighted by Crippen LogP contribution is 2.29. The van der Waals surface area contributed by atoms with Crippen LogP contribution in [-0.2, 0) is 19.3 Å². The standard InChI is InChI=1S/C22H30F3N5O2/c1-26-9-12-29-10-7-16(8-11-29)15-30-18(13-20(28-30)22(23,24)25)21(31)27-14-17-5-3-4-6-19(17)32-2/h3-6,13,16,26H,7-12,14-15H2,1-2H3,(H,27,31). The number of methoxy groups -OCH3 is 1. The summed E-state index contributed by atoms with van der Waals surface area (Å²) in [5, 5.41) is 9.56. The van der Waals surface area contributed by atoms with Crippen molar-refractivity contribution in [3.05, 3.63) is 47.3 Å². The second kappa shape index (κ2) is 10.8. The summed E-state index contributed by atoms with van der Waals surface area (Å²) in [6, 6.07) is 7.99. The predicted octanol–water partition coefficient (Wildman–Crippen LogP) is 2.77. The van der Waals surface area contributed by atoms with E-state index in [0.717, 1.165) is 50.7 Å². The number of piperidine rings is 1. The maximum absolute atomic E-state index is 13.3. The Balaban J connectivity index is 1.69. The molecule has 2 N–H and O–H groups in total. The number of likely N-dealkylation sites (N-methyl/N-ethyl adjacent to an activating group) is 1. The van der Waals surface area contributed by atoms with E-state index in [0.29, 0.717) is 5.75 Å². The van der Waals surface area contributed by atoms with Gasteiger partial charge in [0.1, 0.15) is 11.4 Å². The zero-order chi connectivity index (χ0) is 23.1. The number of carbonyl (C=O) groups is 1. The normalized spacial score (nSPS) is 15.7. The second-order valence-corrected chi connectivity index (χ2v) is 7.98. The van der Waals surface area contributed by atoms with Crippen LogP contribution >= 0.6 is 0 Å². The van der Waals surface area contributed by atoms with Crippen LogP contribution in [0.25, 0.3) is 0 Å². The van der Waals surface area contributed by atoms with Gasteiger partial charge in [-0.1, -0.05) is 18.2 Å². The third-order valence-corrected chi connectivity index (χ3v) is 5.75. The molecule has 0 spiro atoms. The molecule has 1 aliphatic heterocycles. The summed E-state index contributed by atoms with van der Waals surface area (Å²) in [7, 11) is 3.43. The molecule has 2 heterocycles. The number of halogens is 3. The van der Waals surface area contributed by atoms with Crippen LogP contribution in [0.3, 0.4) is 0 Å². The lowest BCUT2D eigenvalue weighted by molar-refractivity contribution is -0.141. The largest absolute Gasteiger partial charge is 0.496 e. The molecule has 176 valence electrons. The quantitative estimate of drug-likeness (QED) is 0.611. The number of ether oxygens (including phenoxy) is 1. The van der Waals surface area contributed by atoms with Gasteiger partial charge in [-0.25, -0.2) is 0 Å². The van der Waals surface area contributed by atoms with Crippen LogP contribution in [-0.4, -0.2) is 60.9 Å². The number of carbonyl (C=O) groups excluding carboxylic acids is 1. The molecule has 1 aromatic carbocycles. The maximum atomic E-state index is 13.3. The van der Waals surface area contributed by atoms with Crippen molar-refractivity contribution in [2.24, 2.45) is 5.92 Å². The van der Waals surface area contributed by atoms with Crippen LogP contribution in [0.15, 0.2) is 30.3 Å². The van der Waals surface area contributed by atoms with Crippen molar-refractivity contribution in [3.63, 3.8) is 0 Å². The minimum Gasteiger partial charge on any atom is -0.496 e. The number of amides is 1. The Morgan fingerprint density at radius 3 is 2.62 bits per heavy atom. The summed E-state index contributed by atoms with van der Waals surface area (Å²) in [5.41, 5.74) is -0.393. The fourth-order valence-electron chi connectivity index (χ4n) is 3.90. The molecule has 2 aromatic rings. The summed E-state index contributed by atoms with van der Waals surface area (Å²) in [4.78, 5) is 15.1. The number of aromatic nitrogens is 2. The SMILES string of the molecule is CNCCN1CCC(Cn2nc(C(F)(F)F)cc2C(=O)NCc2ccccc2OC)CC1. The number of nitrogens with zero attached hydrogens (tertiary/aromatic N) is 3. The molecule has 1 fully saturated rings. The summed E-state index contributed by atoms with van der Waals surface area (Å²) in [6.45, 7) is 4.03. The Morgan fingerprint density at radius 1 is 1.25 bits per heavy atom. The lowest BCUT2D eigenvalue weighted by atomic mass is 9.97. The Bertz CT molecular complexity index is 892. The fraction of sp³-hybridized carbons (Fsp3) is 0.545. The Labute approximate surface area is 185 Å². The first-order valence-electron chi connectivity index (χ1n) is 10.7. The molecule has 0 atom stereocenters. The number of nitrogens with one attached hydrogen (secondary N) is 2. The lowest BCUT2D eigenvalue weighted by Crippen LogP contribution is -2.39. The van der Waals surface area contributed by atoms with E-state index in [2.05, 4.69) is 20.6 Å². The molecule has 0 unspecified atom stereocenters. The van der Waals surface area contributed by atoms with E-state index in [-0.39, 0.29) is 24.7 Å². The van der Waals surface area contributed by atoms with E-state index in [1.807, 2.05) is 7.05 Å². The number of hydrogen-bond acceptors (Lipinski definition) is 5. The molecule has 7 nitrogen and oxygen atoms in total. The average Bonchev–Trinajstić information content (AvgIpc) is 3.21. The molecule has 1 aliphatic rings. The van der Waals surface area contributed by atoms with Crippen molar-refractivity contribution in [1.82, 2.24) is 25.3 Å². The van der Waals surface area contributed by atoms with Crippen molar-refractivity contribution < 1.29 is 22.7 Å².